The molecule has 1 atom stereocenters. The number of imidazole rings is 1. The van der Waals surface area contributed by atoms with Gasteiger partial charge >= 0.3 is 0 Å². The number of piperidine rings is 1. The van der Waals surface area contributed by atoms with Crippen molar-refractivity contribution < 1.29 is 35.1 Å². The van der Waals surface area contributed by atoms with Crippen molar-refractivity contribution >= 4 is 32.5 Å². The van der Waals surface area contributed by atoms with Crippen molar-refractivity contribution in [2.24, 2.45) is 0 Å². The monoisotopic (exact) mass is 573 g/mol. The normalized spacial score (nSPS) is 18.3. The molecule has 1 saturated heterocycles. The number of alkyl halides is 4. The van der Waals surface area contributed by atoms with Gasteiger partial charge in [-0.05, 0) is 31.0 Å². The van der Waals surface area contributed by atoms with Crippen molar-refractivity contribution in [3.8, 4) is 17.0 Å². The zero-order valence-corrected chi connectivity index (χ0v) is 21.8. The van der Waals surface area contributed by atoms with Crippen LogP contribution in [0, 0.1) is 12.7 Å². The third kappa shape index (κ3) is 4.97. The van der Waals surface area contributed by atoms with Crippen LogP contribution < -0.4 is 10.1 Å². The summed E-state index contributed by atoms with van der Waals surface area (Å²) in [7, 11) is -2.53. The minimum atomic E-state index is -3.80. The maximum Gasteiger partial charge on any atom is 0.281 e. The Morgan fingerprint density at radius 2 is 2.00 bits per heavy atom. The number of hydrogen-bond donors (Lipinski definition) is 1. The summed E-state index contributed by atoms with van der Waals surface area (Å²) in [6, 6.07) is 3.19. The second kappa shape index (κ2) is 9.59. The molecule has 0 radical (unpaired) electrons. The first-order valence-corrected chi connectivity index (χ1v) is 13.6. The van der Waals surface area contributed by atoms with Gasteiger partial charge in [0, 0.05) is 6.54 Å². The molecule has 0 bridgehead atoms. The topological polar surface area (TPSA) is 107 Å². The number of sulfonamides is 1. The highest BCUT2D eigenvalue weighted by Gasteiger charge is 2.47. The van der Waals surface area contributed by atoms with E-state index in [2.05, 4.69) is 20.4 Å². The second-order valence-corrected chi connectivity index (χ2v) is 11.3. The summed E-state index contributed by atoms with van der Waals surface area (Å²) < 4.78 is 103. The van der Waals surface area contributed by atoms with Gasteiger partial charge in [0.05, 0.1) is 55.3 Å². The highest BCUT2D eigenvalue weighted by atomic mass is 32.2. The Balaban J connectivity index is 1.53. The number of halogens is 5. The van der Waals surface area contributed by atoms with Crippen molar-refractivity contribution in [2.75, 3.05) is 31.8 Å². The third-order valence-corrected chi connectivity index (χ3v) is 7.88. The van der Waals surface area contributed by atoms with Gasteiger partial charge in [0.1, 0.15) is 11.3 Å². The van der Waals surface area contributed by atoms with E-state index in [1.807, 2.05) is 0 Å². The number of methoxy groups -OCH3 is 1. The van der Waals surface area contributed by atoms with Crippen molar-refractivity contribution in [3.63, 3.8) is 0 Å². The van der Waals surface area contributed by atoms with E-state index >= 15 is 4.39 Å². The molecule has 0 saturated carbocycles. The molecule has 3 aromatic heterocycles. The minimum Gasteiger partial charge on any atom is -0.479 e. The van der Waals surface area contributed by atoms with Crippen LogP contribution in [0.15, 0.2) is 24.4 Å². The van der Waals surface area contributed by atoms with Gasteiger partial charge in [-0.15, -0.1) is 5.10 Å². The number of anilines is 1. The van der Waals surface area contributed by atoms with E-state index in [4.69, 9.17) is 4.74 Å². The Kier molecular flexibility index (Phi) is 6.65. The van der Waals surface area contributed by atoms with Gasteiger partial charge in [0.25, 0.3) is 12.3 Å². The van der Waals surface area contributed by atoms with Gasteiger partial charge in [0.15, 0.2) is 5.82 Å². The number of nitrogens with zero attached hydrogens (tertiary/aromatic N) is 6. The lowest BCUT2D eigenvalue weighted by Gasteiger charge is -2.37. The summed E-state index contributed by atoms with van der Waals surface area (Å²) in [6.45, 7) is -0.122. The number of rotatable bonds is 7. The number of hydrogen-bond acceptors (Lipinski definition) is 7. The number of fused-ring (bicyclic) bond motifs is 2. The Morgan fingerprint density at radius 3 is 2.64 bits per heavy atom. The van der Waals surface area contributed by atoms with E-state index in [0.29, 0.717) is 26.7 Å². The molecule has 1 aliphatic rings. The van der Waals surface area contributed by atoms with Gasteiger partial charge in [-0.25, -0.2) is 39.9 Å². The summed E-state index contributed by atoms with van der Waals surface area (Å²) in [5, 5.41) is 6.67. The predicted octanol–water partition coefficient (Wildman–Crippen LogP) is 3.55. The molecule has 0 aliphatic carbocycles. The molecule has 1 N–H and O–H groups in total. The molecule has 0 spiro atoms. The van der Waals surface area contributed by atoms with Crippen LogP contribution in [-0.2, 0) is 16.6 Å². The summed E-state index contributed by atoms with van der Waals surface area (Å²) in [5.41, 5.74) is 1.27. The van der Waals surface area contributed by atoms with E-state index in [9.17, 15) is 26.0 Å². The maximum absolute atomic E-state index is 15.3. The number of aromatic nitrogens is 5. The smallest absolute Gasteiger partial charge is 0.281 e. The molecule has 1 unspecified atom stereocenters. The van der Waals surface area contributed by atoms with Gasteiger partial charge in [-0.1, -0.05) is 6.07 Å². The van der Waals surface area contributed by atoms with E-state index in [-0.39, 0.29) is 35.9 Å². The summed E-state index contributed by atoms with van der Waals surface area (Å²) >= 11 is 0. The first kappa shape index (κ1) is 27.1. The second-order valence-electron chi connectivity index (χ2n) is 9.30. The summed E-state index contributed by atoms with van der Waals surface area (Å²) in [6.07, 6.45) is -0.957. The van der Waals surface area contributed by atoms with Crippen LogP contribution in [0.4, 0.5) is 27.9 Å². The Bertz CT molecular complexity index is 1670. The van der Waals surface area contributed by atoms with Gasteiger partial charge in [-0.3, -0.25) is 0 Å². The maximum atomic E-state index is 15.3. The van der Waals surface area contributed by atoms with Crippen LogP contribution in [0.25, 0.3) is 27.7 Å². The fourth-order valence-corrected chi connectivity index (χ4v) is 5.64. The van der Waals surface area contributed by atoms with E-state index in [1.54, 1.807) is 19.1 Å². The largest absolute Gasteiger partial charge is 0.479 e. The van der Waals surface area contributed by atoms with E-state index < -0.39 is 47.3 Å². The van der Waals surface area contributed by atoms with Crippen molar-refractivity contribution in [2.45, 2.75) is 38.3 Å². The highest BCUT2D eigenvalue weighted by Crippen LogP contribution is 2.36. The minimum absolute atomic E-state index is 0.0227. The molecule has 0 amide bonds. The number of nitrogens with one attached hydrogen (secondary N) is 1. The van der Waals surface area contributed by atoms with Gasteiger partial charge in [-0.2, -0.15) is 9.29 Å². The van der Waals surface area contributed by atoms with Crippen LogP contribution >= 0.6 is 0 Å². The quantitative estimate of drug-likeness (QED) is 0.337. The fraction of sp³-hybridized carbons (Fsp3) is 0.435. The lowest BCUT2D eigenvalue weighted by atomic mass is 10.0. The lowest BCUT2D eigenvalue weighted by molar-refractivity contribution is -0.0541. The lowest BCUT2D eigenvalue weighted by Crippen LogP contribution is -2.55. The third-order valence-electron chi connectivity index (χ3n) is 6.63. The zero-order chi connectivity index (χ0) is 28.3. The Labute approximate surface area is 219 Å². The van der Waals surface area contributed by atoms with Crippen LogP contribution in [0.2, 0.25) is 0 Å². The molecule has 16 heteroatoms. The molecular weight excluding hydrogens is 549 g/mol. The van der Waals surface area contributed by atoms with Gasteiger partial charge in [0.2, 0.25) is 21.9 Å². The Hall–Kier alpha value is -3.53. The highest BCUT2D eigenvalue weighted by molar-refractivity contribution is 7.88. The van der Waals surface area contributed by atoms with Crippen LogP contribution in [0.1, 0.15) is 12.2 Å². The Morgan fingerprint density at radius 1 is 1.26 bits per heavy atom. The summed E-state index contributed by atoms with van der Waals surface area (Å²) in [4.78, 5) is 8.44. The first-order valence-electron chi connectivity index (χ1n) is 11.8. The molecule has 1 fully saturated rings. The van der Waals surface area contributed by atoms with Crippen molar-refractivity contribution in [1.82, 2.24) is 28.5 Å². The molecule has 39 heavy (non-hydrogen) atoms. The number of benzene rings is 1. The van der Waals surface area contributed by atoms with Gasteiger partial charge < -0.3 is 14.6 Å². The predicted molar refractivity (Wildman–Crippen MR) is 132 cm³/mol. The molecule has 4 aromatic rings. The molecular formula is C23H24F5N7O3S. The van der Waals surface area contributed by atoms with Crippen LogP contribution in [0.3, 0.4) is 0 Å². The average molecular weight is 574 g/mol. The van der Waals surface area contributed by atoms with Crippen LogP contribution in [0.5, 0.6) is 5.88 Å². The standard InChI is InChI=1S/C23H24F5N7O3S/c1-12-29-15-5-4-13(8-16(15)34(12)10-18(25)26)19-14(24)9-35-20(19)21(38-2)31-22(32-35)30-17-6-7-33(39(3,36)37)11-23(17,27)28/h4-5,8-9,17-18H,6-7,10-11H2,1-3H3,(H,30,32). The number of ether oxygens (including phenoxy) is 1. The number of aryl methyl sites for hydroxylation is 1. The molecule has 210 valence electrons. The molecule has 5 rings (SSSR count). The zero-order valence-electron chi connectivity index (χ0n) is 21.0. The van der Waals surface area contributed by atoms with Crippen molar-refractivity contribution in [1.29, 1.82) is 0 Å². The first-order chi connectivity index (χ1) is 18.3. The van der Waals surface area contributed by atoms with Crippen LogP contribution in [-0.4, -0.2) is 81.7 Å². The van der Waals surface area contributed by atoms with Crippen molar-refractivity contribution in [3.05, 3.63) is 36.0 Å². The summed E-state index contributed by atoms with van der Waals surface area (Å²) in [5.74, 6) is -4.20. The molecule has 10 nitrogen and oxygen atoms in total. The molecule has 4 heterocycles. The fourth-order valence-electron chi connectivity index (χ4n) is 4.79. The molecule has 1 aromatic carbocycles. The SMILES string of the molecule is COc1nc(NC2CCN(S(C)(=O)=O)CC2(F)F)nn2cc(F)c(-c3ccc4nc(C)n(CC(F)F)c4c3)c12. The van der Waals surface area contributed by atoms with E-state index in [0.717, 1.165) is 17.0 Å². The van der Waals surface area contributed by atoms with E-state index in [1.165, 1.54) is 17.7 Å². The average Bonchev–Trinajstić information content (AvgIpc) is 3.33. The molecule has 1 aliphatic heterocycles.